The maximum absolute atomic E-state index is 3.54. The zero-order chi connectivity index (χ0) is 9.47. The highest BCUT2D eigenvalue weighted by Gasteiger charge is 2.40. The Kier molecular flexibility index (Phi) is 2.37. The fourth-order valence-corrected chi connectivity index (χ4v) is 3.08. The van der Waals surface area contributed by atoms with Crippen LogP contribution >= 0.6 is 0 Å². The van der Waals surface area contributed by atoms with Gasteiger partial charge in [-0.1, -0.05) is 0 Å². The van der Waals surface area contributed by atoms with Gasteiger partial charge < -0.3 is 5.32 Å². The molecule has 76 valence electrons. The van der Waals surface area contributed by atoms with Crippen molar-refractivity contribution in [2.45, 2.75) is 57.7 Å². The Labute approximate surface area is 81.7 Å². The molecule has 0 aromatic rings. The van der Waals surface area contributed by atoms with E-state index in [1.54, 1.807) is 0 Å². The maximum Gasteiger partial charge on any atom is 0.0229 e. The summed E-state index contributed by atoms with van der Waals surface area (Å²) in [7, 11) is 0. The molecule has 0 saturated carbocycles. The van der Waals surface area contributed by atoms with Crippen molar-refractivity contribution in [3.05, 3.63) is 0 Å². The van der Waals surface area contributed by atoms with Crippen molar-refractivity contribution in [3.63, 3.8) is 0 Å². The van der Waals surface area contributed by atoms with Crippen LogP contribution in [0.3, 0.4) is 0 Å². The third-order valence-corrected chi connectivity index (χ3v) is 3.43. The van der Waals surface area contributed by atoms with Crippen LogP contribution in [0, 0.1) is 0 Å². The van der Waals surface area contributed by atoms with E-state index in [-0.39, 0.29) is 0 Å². The number of nitrogens with zero attached hydrogens (tertiary/aromatic N) is 1. The molecular weight excluding hydrogens is 160 g/mol. The SMILES string of the molecule is CC(C)(C)N1[C@@H]2CCNC[C@H]1CC2. The second kappa shape index (κ2) is 3.25. The molecule has 13 heavy (non-hydrogen) atoms. The number of fused-ring (bicyclic) bond motifs is 2. The minimum Gasteiger partial charge on any atom is -0.315 e. The molecule has 2 bridgehead atoms. The first-order valence-electron chi connectivity index (χ1n) is 5.58. The molecule has 0 unspecified atom stereocenters. The van der Waals surface area contributed by atoms with Crippen LogP contribution in [0.25, 0.3) is 0 Å². The summed E-state index contributed by atoms with van der Waals surface area (Å²) in [5.74, 6) is 0. The summed E-state index contributed by atoms with van der Waals surface area (Å²) in [4.78, 5) is 2.74. The first-order valence-corrected chi connectivity index (χ1v) is 5.58. The van der Waals surface area contributed by atoms with Gasteiger partial charge in [-0.15, -0.1) is 0 Å². The number of nitrogens with one attached hydrogen (secondary N) is 1. The number of hydrogen-bond acceptors (Lipinski definition) is 2. The lowest BCUT2D eigenvalue weighted by Crippen LogP contribution is -2.49. The molecule has 0 aromatic carbocycles. The van der Waals surface area contributed by atoms with Gasteiger partial charge in [0.1, 0.15) is 0 Å². The van der Waals surface area contributed by atoms with Gasteiger partial charge in [0.2, 0.25) is 0 Å². The molecule has 2 heterocycles. The van der Waals surface area contributed by atoms with Gasteiger partial charge in [-0.05, 0) is 46.6 Å². The van der Waals surface area contributed by atoms with Gasteiger partial charge in [-0.25, -0.2) is 0 Å². The van der Waals surface area contributed by atoms with Crippen molar-refractivity contribution < 1.29 is 0 Å². The predicted octanol–water partition coefficient (Wildman–Crippen LogP) is 1.61. The summed E-state index contributed by atoms with van der Waals surface area (Å²) in [6.07, 6.45) is 4.16. The summed E-state index contributed by atoms with van der Waals surface area (Å²) in [5.41, 5.74) is 0.359. The molecule has 2 nitrogen and oxygen atoms in total. The topological polar surface area (TPSA) is 15.3 Å². The zero-order valence-electron chi connectivity index (χ0n) is 9.14. The third kappa shape index (κ3) is 1.75. The van der Waals surface area contributed by atoms with E-state index in [9.17, 15) is 0 Å². The van der Waals surface area contributed by atoms with E-state index in [0.717, 1.165) is 12.1 Å². The standard InChI is InChI=1S/C11H22N2/c1-11(2,3)13-9-4-5-10(13)8-12-7-6-9/h9-10,12H,4-8H2,1-3H3/t9-,10+/m0/s1. The summed E-state index contributed by atoms with van der Waals surface area (Å²) in [5, 5.41) is 3.54. The quantitative estimate of drug-likeness (QED) is 0.612. The molecule has 0 radical (unpaired) electrons. The summed E-state index contributed by atoms with van der Waals surface area (Å²) in [6.45, 7) is 9.47. The highest BCUT2D eigenvalue weighted by molar-refractivity contribution is 4.97. The van der Waals surface area contributed by atoms with E-state index in [4.69, 9.17) is 0 Å². The smallest absolute Gasteiger partial charge is 0.0229 e. The van der Waals surface area contributed by atoms with E-state index in [1.165, 1.54) is 32.4 Å². The first-order chi connectivity index (χ1) is 6.09. The van der Waals surface area contributed by atoms with Gasteiger partial charge >= 0.3 is 0 Å². The van der Waals surface area contributed by atoms with Gasteiger partial charge in [0, 0.05) is 24.2 Å². The Morgan fingerprint density at radius 2 is 1.77 bits per heavy atom. The molecule has 2 fully saturated rings. The lowest BCUT2D eigenvalue weighted by Gasteiger charge is -2.40. The van der Waals surface area contributed by atoms with E-state index in [0.29, 0.717) is 5.54 Å². The molecule has 2 atom stereocenters. The Balaban J connectivity index is 2.16. The van der Waals surface area contributed by atoms with E-state index >= 15 is 0 Å². The monoisotopic (exact) mass is 182 g/mol. The molecule has 2 rings (SSSR count). The van der Waals surface area contributed by atoms with Crippen LogP contribution in [-0.2, 0) is 0 Å². The molecule has 0 spiro atoms. The molecule has 0 aliphatic carbocycles. The van der Waals surface area contributed by atoms with Gasteiger partial charge in [-0.3, -0.25) is 4.90 Å². The zero-order valence-corrected chi connectivity index (χ0v) is 9.14. The van der Waals surface area contributed by atoms with Gasteiger partial charge in [-0.2, -0.15) is 0 Å². The van der Waals surface area contributed by atoms with Gasteiger partial charge in [0.25, 0.3) is 0 Å². The largest absolute Gasteiger partial charge is 0.315 e. The molecule has 0 aromatic heterocycles. The minimum atomic E-state index is 0.359. The van der Waals surface area contributed by atoms with Crippen molar-refractivity contribution in [3.8, 4) is 0 Å². The maximum atomic E-state index is 3.54. The summed E-state index contributed by atoms with van der Waals surface area (Å²) < 4.78 is 0. The van der Waals surface area contributed by atoms with Crippen molar-refractivity contribution >= 4 is 0 Å². The Hall–Kier alpha value is -0.0800. The average Bonchev–Trinajstić information content (AvgIpc) is 2.22. The minimum absolute atomic E-state index is 0.359. The summed E-state index contributed by atoms with van der Waals surface area (Å²) >= 11 is 0. The molecular formula is C11H22N2. The molecule has 2 heteroatoms. The van der Waals surface area contributed by atoms with Crippen LogP contribution in [0.15, 0.2) is 0 Å². The average molecular weight is 182 g/mol. The summed E-state index contributed by atoms with van der Waals surface area (Å²) in [6, 6.07) is 1.65. The Morgan fingerprint density at radius 1 is 1.08 bits per heavy atom. The van der Waals surface area contributed by atoms with Crippen molar-refractivity contribution in [1.29, 1.82) is 0 Å². The third-order valence-electron chi connectivity index (χ3n) is 3.43. The van der Waals surface area contributed by atoms with Crippen LogP contribution in [0.4, 0.5) is 0 Å². The fourth-order valence-electron chi connectivity index (χ4n) is 3.08. The first kappa shape index (κ1) is 9.47. The molecule has 1 N–H and O–H groups in total. The van der Waals surface area contributed by atoms with Gasteiger partial charge in [0.15, 0.2) is 0 Å². The van der Waals surface area contributed by atoms with E-state index in [2.05, 4.69) is 31.0 Å². The van der Waals surface area contributed by atoms with E-state index < -0.39 is 0 Å². The van der Waals surface area contributed by atoms with Crippen molar-refractivity contribution in [2.24, 2.45) is 0 Å². The van der Waals surface area contributed by atoms with Crippen molar-refractivity contribution in [1.82, 2.24) is 10.2 Å². The van der Waals surface area contributed by atoms with Crippen LogP contribution in [-0.4, -0.2) is 35.6 Å². The van der Waals surface area contributed by atoms with E-state index in [1.807, 2.05) is 0 Å². The lowest BCUT2D eigenvalue weighted by molar-refractivity contribution is 0.0839. The fraction of sp³-hybridized carbons (Fsp3) is 1.00. The van der Waals surface area contributed by atoms with Crippen molar-refractivity contribution in [2.75, 3.05) is 13.1 Å². The second-order valence-electron chi connectivity index (χ2n) is 5.46. The lowest BCUT2D eigenvalue weighted by atomic mass is 10.0. The van der Waals surface area contributed by atoms with Crippen LogP contribution in [0.5, 0.6) is 0 Å². The molecule has 2 aliphatic heterocycles. The molecule has 2 aliphatic rings. The molecule has 2 saturated heterocycles. The Morgan fingerprint density at radius 3 is 2.46 bits per heavy atom. The second-order valence-corrected chi connectivity index (χ2v) is 5.46. The van der Waals surface area contributed by atoms with Crippen LogP contribution in [0.1, 0.15) is 40.0 Å². The number of hydrogen-bond donors (Lipinski definition) is 1. The molecule has 0 amide bonds. The Bertz CT molecular complexity index is 169. The number of rotatable bonds is 0. The highest BCUT2D eigenvalue weighted by Crippen LogP contribution is 2.34. The van der Waals surface area contributed by atoms with Crippen LogP contribution < -0.4 is 5.32 Å². The van der Waals surface area contributed by atoms with Gasteiger partial charge in [0.05, 0.1) is 0 Å². The highest BCUT2D eigenvalue weighted by atomic mass is 15.3. The van der Waals surface area contributed by atoms with Crippen LogP contribution in [0.2, 0.25) is 0 Å². The normalized spacial score (nSPS) is 36.2. The predicted molar refractivity (Wildman–Crippen MR) is 55.9 cm³/mol.